The molecule has 0 saturated carbocycles. The first-order valence-electron chi connectivity index (χ1n) is 8.16. The Bertz CT molecular complexity index is 242. The lowest BCUT2D eigenvalue weighted by atomic mass is 10.1. The van der Waals surface area contributed by atoms with E-state index in [0.29, 0.717) is 10.1 Å². The topological polar surface area (TPSA) is 47.7 Å². The van der Waals surface area contributed by atoms with Gasteiger partial charge < -0.3 is 19.5 Å². The Labute approximate surface area is 137 Å². The van der Waals surface area contributed by atoms with E-state index < -0.39 is 19.5 Å². The van der Waals surface area contributed by atoms with Gasteiger partial charge in [0.05, 0.1) is 0 Å². The lowest BCUT2D eigenvalue weighted by Gasteiger charge is -2.31. The van der Waals surface area contributed by atoms with Gasteiger partial charge >= 0.3 is 0 Å². The van der Waals surface area contributed by atoms with Gasteiger partial charge in [-0.3, -0.25) is 0 Å². The van der Waals surface area contributed by atoms with Gasteiger partial charge in [0.15, 0.2) is 19.5 Å². The molecule has 2 N–H and O–H groups in total. The van der Waals surface area contributed by atoms with Gasteiger partial charge in [0.2, 0.25) is 0 Å². The number of nitrogens with zero attached hydrogens (tertiary/aromatic N) is 1. The predicted octanol–water partition coefficient (Wildman–Crippen LogP) is 1.27. The van der Waals surface area contributed by atoms with E-state index in [1.807, 2.05) is 14.2 Å². The molecule has 6 heteroatoms. The third kappa shape index (κ3) is 11.5. The number of nitrogens with two attached hydrogens (primary N) is 1. The molecule has 0 aliphatic carbocycles. The fourth-order valence-electron chi connectivity index (χ4n) is 2.50. The Morgan fingerprint density at radius 3 is 1.62 bits per heavy atom. The third-order valence-electron chi connectivity index (χ3n) is 3.96. The van der Waals surface area contributed by atoms with Crippen LogP contribution in [0.1, 0.15) is 47.0 Å². The van der Waals surface area contributed by atoms with Gasteiger partial charge in [0.25, 0.3) is 0 Å². The lowest BCUT2D eigenvalue weighted by Crippen LogP contribution is -2.33. The summed E-state index contributed by atoms with van der Waals surface area (Å²) in [6.07, 6.45) is 3.53. The van der Waals surface area contributed by atoms with Crippen LogP contribution in [-0.4, -0.2) is 64.8 Å². The summed E-state index contributed by atoms with van der Waals surface area (Å²) in [4.78, 5) is 2.59. The molecule has 0 spiro atoms. The lowest BCUT2D eigenvalue weighted by molar-refractivity contribution is 0.239. The maximum Gasteiger partial charge on any atom is 0.166 e. The van der Waals surface area contributed by atoms with Crippen LogP contribution in [0.2, 0.25) is 10.1 Å². The highest BCUT2D eigenvalue weighted by Crippen LogP contribution is 2.30. The molecule has 0 unspecified atom stereocenters. The first kappa shape index (κ1) is 21.3. The highest BCUT2D eigenvalue weighted by molar-refractivity contribution is 6.32. The average Bonchev–Trinajstić information content (AvgIpc) is 2.37. The van der Waals surface area contributed by atoms with Gasteiger partial charge in [0, 0.05) is 14.2 Å². The second-order valence-corrected chi connectivity index (χ2v) is 13.2. The zero-order valence-electron chi connectivity index (χ0n) is 15.2. The van der Waals surface area contributed by atoms with Crippen LogP contribution in [0.3, 0.4) is 0 Å². The molecule has 0 heterocycles. The summed E-state index contributed by atoms with van der Waals surface area (Å²) in [5, 5.41) is 0.763. The summed E-state index contributed by atoms with van der Waals surface area (Å²) in [7, 11) is 2.84. The first-order valence-corrected chi connectivity index (χ1v) is 10.7. The van der Waals surface area contributed by atoms with Gasteiger partial charge in [-0.05, 0) is 55.5 Å². The van der Waals surface area contributed by atoms with E-state index >= 15 is 0 Å². The van der Waals surface area contributed by atoms with E-state index in [9.17, 15) is 0 Å². The van der Waals surface area contributed by atoms with E-state index in [1.54, 1.807) is 0 Å². The van der Waals surface area contributed by atoms with Crippen LogP contribution in [0.25, 0.3) is 0 Å². The smallest absolute Gasteiger partial charge is 0.166 e. The third-order valence-corrected chi connectivity index (χ3v) is 6.81. The zero-order valence-corrected chi connectivity index (χ0v) is 18.0. The highest BCUT2D eigenvalue weighted by atomic mass is 28.2. The van der Waals surface area contributed by atoms with Crippen LogP contribution in [0.4, 0.5) is 0 Å². The molecule has 0 aromatic carbocycles. The van der Waals surface area contributed by atoms with E-state index in [0.717, 1.165) is 32.6 Å². The summed E-state index contributed by atoms with van der Waals surface area (Å²) in [6.45, 7) is 13.6. The molecular formula is C15H38N2O2Si2. The maximum absolute atomic E-state index is 5.68. The molecule has 0 aliphatic heterocycles. The maximum atomic E-state index is 5.68. The molecule has 4 nitrogen and oxygen atoms in total. The Hall–Kier alpha value is 0.274. The molecule has 0 atom stereocenters. The minimum atomic E-state index is -0.426. The second-order valence-electron chi connectivity index (χ2n) is 7.68. The van der Waals surface area contributed by atoms with Crippen LogP contribution < -0.4 is 5.73 Å². The summed E-state index contributed by atoms with van der Waals surface area (Å²) < 4.78 is 10.9. The Kier molecular flexibility index (Phi) is 11.1. The van der Waals surface area contributed by atoms with Crippen molar-refractivity contribution >= 4 is 19.5 Å². The van der Waals surface area contributed by atoms with Crippen molar-refractivity contribution in [3.63, 3.8) is 0 Å². The molecule has 0 saturated heterocycles. The van der Waals surface area contributed by atoms with Gasteiger partial charge in [-0.1, -0.05) is 27.7 Å². The quantitative estimate of drug-likeness (QED) is 0.515. The van der Waals surface area contributed by atoms with Crippen molar-refractivity contribution < 1.29 is 8.85 Å². The summed E-state index contributed by atoms with van der Waals surface area (Å²) in [5.41, 5.74) is 5.68. The number of rotatable bonds is 13. The molecule has 0 aliphatic rings. The Morgan fingerprint density at radius 1 is 0.857 bits per heavy atom. The largest absolute Gasteiger partial charge is 0.427 e. The SMILES string of the molecule is CO[SiH2]C(C)(C)CCN(CCCN)CCC(C)(C)[SiH2]OC. The normalized spacial score (nSPS) is 14.3. The Morgan fingerprint density at radius 2 is 1.29 bits per heavy atom. The molecule has 0 fully saturated rings. The van der Waals surface area contributed by atoms with Crippen LogP contribution in [0.15, 0.2) is 0 Å². The molecule has 0 amide bonds. The van der Waals surface area contributed by atoms with Crippen molar-refractivity contribution in [2.45, 2.75) is 57.0 Å². The Balaban J connectivity index is 4.31. The van der Waals surface area contributed by atoms with Crippen molar-refractivity contribution in [3.05, 3.63) is 0 Å². The fraction of sp³-hybridized carbons (Fsp3) is 1.00. The number of hydrogen-bond donors (Lipinski definition) is 1. The van der Waals surface area contributed by atoms with Crippen molar-refractivity contribution in [3.8, 4) is 0 Å². The minimum absolute atomic E-state index is 0.381. The molecule has 21 heavy (non-hydrogen) atoms. The zero-order chi connectivity index (χ0) is 16.4. The van der Waals surface area contributed by atoms with E-state index in [4.69, 9.17) is 14.6 Å². The average molecular weight is 335 g/mol. The van der Waals surface area contributed by atoms with Crippen LogP contribution in [-0.2, 0) is 8.85 Å². The minimum Gasteiger partial charge on any atom is -0.427 e. The molecule has 0 rings (SSSR count). The molecular weight excluding hydrogens is 296 g/mol. The standard InChI is InChI=1S/C15H38N2O2Si2/c1-14(2,20-18-5)8-12-17(11-7-10-16)13-9-15(3,4)21-19-6/h7-13,16,20-21H2,1-6H3. The highest BCUT2D eigenvalue weighted by Gasteiger charge is 2.22. The molecule has 128 valence electrons. The molecule has 0 aromatic rings. The van der Waals surface area contributed by atoms with E-state index in [1.165, 1.54) is 12.8 Å². The van der Waals surface area contributed by atoms with Crippen molar-refractivity contribution in [1.82, 2.24) is 4.90 Å². The molecule has 0 aromatic heterocycles. The van der Waals surface area contributed by atoms with Gasteiger partial charge in [0.1, 0.15) is 0 Å². The van der Waals surface area contributed by atoms with E-state index in [2.05, 4.69) is 32.6 Å². The number of hydrogen-bond acceptors (Lipinski definition) is 4. The summed E-state index contributed by atoms with van der Waals surface area (Å²) in [6, 6.07) is 0. The fourth-order valence-corrected chi connectivity index (χ4v) is 4.67. The van der Waals surface area contributed by atoms with Crippen molar-refractivity contribution in [1.29, 1.82) is 0 Å². The second kappa shape index (κ2) is 10.9. The molecule has 0 radical (unpaired) electrons. The predicted molar refractivity (Wildman–Crippen MR) is 98.5 cm³/mol. The van der Waals surface area contributed by atoms with Crippen LogP contribution in [0.5, 0.6) is 0 Å². The molecule has 0 bridgehead atoms. The van der Waals surface area contributed by atoms with E-state index in [-0.39, 0.29) is 0 Å². The summed E-state index contributed by atoms with van der Waals surface area (Å²) >= 11 is 0. The van der Waals surface area contributed by atoms with Crippen molar-refractivity contribution in [2.24, 2.45) is 5.73 Å². The van der Waals surface area contributed by atoms with Crippen LogP contribution >= 0.6 is 0 Å². The van der Waals surface area contributed by atoms with Crippen molar-refractivity contribution in [2.75, 3.05) is 40.4 Å². The van der Waals surface area contributed by atoms with Gasteiger partial charge in [-0.25, -0.2) is 0 Å². The summed E-state index contributed by atoms with van der Waals surface area (Å²) in [5.74, 6) is 0. The monoisotopic (exact) mass is 334 g/mol. The first-order chi connectivity index (χ1) is 9.76. The van der Waals surface area contributed by atoms with Gasteiger partial charge in [-0.15, -0.1) is 0 Å². The van der Waals surface area contributed by atoms with Crippen LogP contribution in [0, 0.1) is 0 Å². The van der Waals surface area contributed by atoms with Gasteiger partial charge in [-0.2, -0.15) is 0 Å².